The third kappa shape index (κ3) is 2.86. The van der Waals surface area contributed by atoms with Crippen LogP contribution in [0.1, 0.15) is 33.8 Å². The van der Waals surface area contributed by atoms with Crippen molar-refractivity contribution in [2.45, 2.75) is 18.8 Å². The average molecular weight is 316 g/mol. The minimum atomic E-state index is -1.35. The van der Waals surface area contributed by atoms with Gasteiger partial charge in [-0.05, 0) is 30.4 Å². The van der Waals surface area contributed by atoms with Crippen LogP contribution in [0.4, 0.5) is 4.39 Å². The van der Waals surface area contributed by atoms with Gasteiger partial charge in [0, 0.05) is 5.56 Å². The van der Waals surface area contributed by atoms with Gasteiger partial charge in [-0.3, -0.25) is 0 Å². The van der Waals surface area contributed by atoms with Gasteiger partial charge in [-0.2, -0.15) is 0 Å². The molecule has 1 atom stereocenters. The predicted molar refractivity (Wildman–Crippen MR) is 82.9 cm³/mol. The first-order chi connectivity index (χ1) is 11.1. The highest BCUT2D eigenvalue weighted by Crippen LogP contribution is 2.42. The second-order valence-corrected chi connectivity index (χ2v) is 5.52. The largest absolute Gasteiger partial charge is 0.494 e. The van der Waals surface area contributed by atoms with E-state index in [1.807, 2.05) is 30.3 Å². The van der Waals surface area contributed by atoms with Crippen molar-refractivity contribution in [3.05, 3.63) is 58.9 Å². The summed E-state index contributed by atoms with van der Waals surface area (Å²) in [7, 11) is 1.33. The highest BCUT2D eigenvalue weighted by Gasteiger charge is 2.31. The number of carboxylic acid groups (broad SMARTS) is 1. The zero-order chi connectivity index (χ0) is 16.4. The Labute approximate surface area is 133 Å². The van der Waals surface area contributed by atoms with E-state index in [0.29, 0.717) is 12.2 Å². The molecule has 0 bridgehead atoms. The van der Waals surface area contributed by atoms with Gasteiger partial charge in [0.1, 0.15) is 11.3 Å². The van der Waals surface area contributed by atoms with Crippen molar-refractivity contribution in [2.75, 3.05) is 13.7 Å². The van der Waals surface area contributed by atoms with Crippen molar-refractivity contribution in [2.24, 2.45) is 0 Å². The van der Waals surface area contributed by atoms with E-state index >= 15 is 0 Å². The first-order valence-electron chi connectivity index (χ1n) is 7.42. The number of carboxylic acids is 1. The molecule has 1 unspecified atom stereocenters. The Balaban J connectivity index is 2.07. The van der Waals surface area contributed by atoms with Gasteiger partial charge in [-0.15, -0.1) is 0 Å². The average Bonchev–Trinajstić information content (AvgIpc) is 2.55. The van der Waals surface area contributed by atoms with Crippen LogP contribution in [0.3, 0.4) is 0 Å². The molecule has 0 aromatic heterocycles. The molecule has 1 heterocycles. The normalized spacial score (nSPS) is 16.3. The van der Waals surface area contributed by atoms with Crippen LogP contribution in [0, 0.1) is 5.82 Å². The molecule has 0 amide bonds. The molecule has 0 spiro atoms. The molecule has 5 heteroatoms. The number of methoxy groups -OCH3 is 1. The molecular formula is C18H17FO4. The number of rotatable bonds is 4. The number of hydrogen-bond donors (Lipinski definition) is 1. The molecule has 0 fully saturated rings. The lowest BCUT2D eigenvalue weighted by molar-refractivity contribution is 0.0684. The van der Waals surface area contributed by atoms with Crippen molar-refractivity contribution in [3.63, 3.8) is 0 Å². The summed E-state index contributed by atoms with van der Waals surface area (Å²) in [5.41, 5.74) is 1.39. The van der Waals surface area contributed by atoms with Gasteiger partial charge in [0.15, 0.2) is 11.6 Å². The minimum absolute atomic E-state index is 0.0637. The Morgan fingerprint density at radius 3 is 2.78 bits per heavy atom. The number of carbonyl (C=O) groups is 1. The van der Waals surface area contributed by atoms with Gasteiger partial charge in [-0.25, -0.2) is 9.18 Å². The van der Waals surface area contributed by atoms with Crippen molar-refractivity contribution in [3.8, 4) is 11.5 Å². The summed E-state index contributed by atoms with van der Waals surface area (Å²) in [6.45, 7) is 0.372. The molecule has 0 radical (unpaired) electrons. The van der Waals surface area contributed by atoms with Crippen LogP contribution < -0.4 is 9.47 Å². The van der Waals surface area contributed by atoms with E-state index in [2.05, 4.69) is 0 Å². The fourth-order valence-corrected chi connectivity index (χ4v) is 3.01. The third-order valence-electron chi connectivity index (χ3n) is 4.12. The van der Waals surface area contributed by atoms with Crippen LogP contribution in [0.25, 0.3) is 0 Å². The van der Waals surface area contributed by atoms with E-state index in [1.54, 1.807) is 6.07 Å². The van der Waals surface area contributed by atoms with E-state index in [0.717, 1.165) is 18.4 Å². The molecule has 2 aromatic rings. The van der Waals surface area contributed by atoms with E-state index < -0.39 is 17.3 Å². The highest BCUT2D eigenvalue weighted by molar-refractivity contribution is 5.92. The molecule has 0 aliphatic carbocycles. The molecular weight excluding hydrogens is 299 g/mol. The number of aromatic carboxylic acids is 1. The highest BCUT2D eigenvalue weighted by atomic mass is 19.1. The Bertz CT molecular complexity index is 728. The standard InChI is InChI=1S/C18H17FO4/c1-22-14-10-13-12(9-11-5-3-2-4-6-11)7-8-23-17(13)15(16(14)19)18(20)21/h2-6,10,12H,7-9H2,1H3,(H,20,21). The van der Waals surface area contributed by atoms with Crippen molar-refractivity contribution < 1.29 is 23.8 Å². The molecule has 120 valence electrons. The van der Waals surface area contributed by atoms with E-state index in [9.17, 15) is 14.3 Å². The van der Waals surface area contributed by atoms with Crippen LogP contribution >= 0.6 is 0 Å². The topological polar surface area (TPSA) is 55.8 Å². The quantitative estimate of drug-likeness (QED) is 0.935. The summed E-state index contributed by atoms with van der Waals surface area (Å²) in [6, 6.07) is 11.5. The third-order valence-corrected chi connectivity index (χ3v) is 4.12. The Kier molecular flexibility index (Phi) is 4.19. The smallest absolute Gasteiger partial charge is 0.342 e. The zero-order valence-corrected chi connectivity index (χ0v) is 12.7. The summed E-state index contributed by atoms with van der Waals surface area (Å²) in [6.07, 6.45) is 1.49. The molecule has 0 saturated heterocycles. The zero-order valence-electron chi connectivity index (χ0n) is 12.7. The van der Waals surface area contributed by atoms with Crippen LogP contribution in [0.15, 0.2) is 36.4 Å². The maximum atomic E-state index is 14.3. The summed E-state index contributed by atoms with van der Waals surface area (Å²) in [5.74, 6) is -2.11. The van der Waals surface area contributed by atoms with E-state index in [1.165, 1.54) is 7.11 Å². The molecule has 2 aromatic carbocycles. The van der Waals surface area contributed by atoms with Gasteiger partial charge < -0.3 is 14.6 Å². The van der Waals surface area contributed by atoms with Gasteiger partial charge in [0.05, 0.1) is 13.7 Å². The van der Waals surface area contributed by atoms with Gasteiger partial charge in [0.2, 0.25) is 0 Å². The maximum Gasteiger partial charge on any atom is 0.342 e. The van der Waals surface area contributed by atoms with Crippen molar-refractivity contribution in [1.82, 2.24) is 0 Å². The van der Waals surface area contributed by atoms with Crippen LogP contribution in [0.2, 0.25) is 0 Å². The Morgan fingerprint density at radius 2 is 2.13 bits per heavy atom. The summed E-state index contributed by atoms with van der Waals surface area (Å²) < 4.78 is 24.8. The first-order valence-corrected chi connectivity index (χ1v) is 7.42. The number of benzene rings is 2. The number of ether oxygens (including phenoxy) is 2. The van der Waals surface area contributed by atoms with Gasteiger partial charge in [0.25, 0.3) is 0 Å². The molecule has 4 nitrogen and oxygen atoms in total. The summed E-state index contributed by atoms with van der Waals surface area (Å²) >= 11 is 0. The van der Waals surface area contributed by atoms with E-state index in [-0.39, 0.29) is 17.4 Å². The van der Waals surface area contributed by atoms with Crippen molar-refractivity contribution in [1.29, 1.82) is 0 Å². The summed E-state index contributed by atoms with van der Waals surface area (Å²) in [5, 5.41) is 9.34. The second-order valence-electron chi connectivity index (χ2n) is 5.52. The van der Waals surface area contributed by atoms with Crippen LogP contribution in [-0.4, -0.2) is 24.8 Å². The molecule has 1 N–H and O–H groups in total. The number of hydrogen-bond acceptors (Lipinski definition) is 3. The fourth-order valence-electron chi connectivity index (χ4n) is 3.01. The summed E-state index contributed by atoms with van der Waals surface area (Å²) in [4.78, 5) is 11.5. The first kappa shape index (κ1) is 15.3. The van der Waals surface area contributed by atoms with Crippen molar-refractivity contribution >= 4 is 5.97 Å². The lowest BCUT2D eigenvalue weighted by Gasteiger charge is -2.28. The van der Waals surface area contributed by atoms with Gasteiger partial charge in [-0.1, -0.05) is 30.3 Å². The Morgan fingerprint density at radius 1 is 1.39 bits per heavy atom. The van der Waals surface area contributed by atoms with Gasteiger partial charge >= 0.3 is 5.97 Å². The molecule has 3 rings (SSSR count). The molecule has 23 heavy (non-hydrogen) atoms. The van der Waals surface area contributed by atoms with E-state index in [4.69, 9.17) is 9.47 Å². The van der Waals surface area contributed by atoms with Crippen LogP contribution in [0.5, 0.6) is 11.5 Å². The number of fused-ring (bicyclic) bond motifs is 1. The fraction of sp³-hybridized carbons (Fsp3) is 0.278. The predicted octanol–water partition coefficient (Wildman–Crippen LogP) is 3.64. The Hall–Kier alpha value is -2.56. The number of halogens is 1. The SMILES string of the molecule is COc1cc2c(c(C(=O)O)c1F)OCCC2Cc1ccccc1. The monoisotopic (exact) mass is 316 g/mol. The minimum Gasteiger partial charge on any atom is -0.494 e. The molecule has 1 aliphatic rings. The van der Waals surface area contributed by atoms with Crippen LogP contribution in [-0.2, 0) is 6.42 Å². The maximum absolute atomic E-state index is 14.3. The lowest BCUT2D eigenvalue weighted by atomic mass is 9.86. The second kappa shape index (κ2) is 6.28. The molecule has 1 aliphatic heterocycles. The lowest BCUT2D eigenvalue weighted by Crippen LogP contribution is -2.20. The molecule has 0 saturated carbocycles.